The maximum absolute atomic E-state index is 11.9. The van der Waals surface area contributed by atoms with E-state index in [2.05, 4.69) is 5.32 Å². The molecule has 2 N–H and O–H groups in total. The molecular formula is C13H25N2O2+. The van der Waals surface area contributed by atoms with Gasteiger partial charge >= 0.3 is 6.09 Å². The number of piperidine rings is 1. The quantitative estimate of drug-likeness (QED) is 0.687. The van der Waals surface area contributed by atoms with E-state index in [1.165, 1.54) is 19.5 Å². The second-order valence-electron chi connectivity index (χ2n) is 6.50. The molecule has 2 saturated heterocycles. The van der Waals surface area contributed by atoms with Crippen molar-refractivity contribution in [2.75, 3.05) is 26.2 Å². The Morgan fingerprint density at radius 2 is 1.88 bits per heavy atom. The van der Waals surface area contributed by atoms with Crippen molar-refractivity contribution in [1.29, 1.82) is 0 Å². The molecule has 1 spiro atoms. The molecule has 0 aromatic rings. The molecule has 4 nitrogen and oxygen atoms in total. The minimum atomic E-state index is -0.382. The molecule has 0 saturated carbocycles. The van der Waals surface area contributed by atoms with Gasteiger partial charge in [0, 0.05) is 24.9 Å². The van der Waals surface area contributed by atoms with Crippen LogP contribution in [-0.4, -0.2) is 42.8 Å². The molecule has 2 rings (SSSR count). The molecule has 2 aliphatic rings. The molecule has 0 atom stereocenters. The van der Waals surface area contributed by atoms with Crippen LogP contribution in [0.3, 0.4) is 0 Å². The third-order valence-electron chi connectivity index (χ3n) is 3.93. The topological polar surface area (TPSA) is 46.1 Å². The van der Waals surface area contributed by atoms with Gasteiger partial charge in [0.2, 0.25) is 0 Å². The van der Waals surface area contributed by atoms with E-state index in [0.29, 0.717) is 5.41 Å². The zero-order chi connectivity index (χ0) is 12.5. The molecule has 2 fully saturated rings. The van der Waals surface area contributed by atoms with Crippen LogP contribution in [0.5, 0.6) is 0 Å². The molecule has 17 heavy (non-hydrogen) atoms. The van der Waals surface area contributed by atoms with Crippen LogP contribution in [-0.2, 0) is 4.74 Å². The Bertz CT molecular complexity index is 280. The fraction of sp³-hybridized carbons (Fsp3) is 0.923. The van der Waals surface area contributed by atoms with Gasteiger partial charge in [-0.25, -0.2) is 4.79 Å². The van der Waals surface area contributed by atoms with Crippen LogP contribution >= 0.6 is 0 Å². The van der Waals surface area contributed by atoms with E-state index < -0.39 is 0 Å². The van der Waals surface area contributed by atoms with E-state index in [1.54, 1.807) is 0 Å². The van der Waals surface area contributed by atoms with Gasteiger partial charge in [-0.3, -0.25) is 0 Å². The summed E-state index contributed by atoms with van der Waals surface area (Å²) in [5.74, 6) is 0. The van der Waals surface area contributed by atoms with Crippen molar-refractivity contribution >= 4 is 6.09 Å². The molecule has 0 aromatic carbocycles. The summed E-state index contributed by atoms with van der Waals surface area (Å²) in [7, 11) is 0. The first-order valence-electron chi connectivity index (χ1n) is 6.70. The summed E-state index contributed by atoms with van der Waals surface area (Å²) in [6.07, 6.45) is 3.45. The highest BCUT2D eigenvalue weighted by Gasteiger charge is 2.41. The van der Waals surface area contributed by atoms with Gasteiger partial charge in [0.15, 0.2) is 0 Å². The number of hydrogen-bond donors (Lipinski definition) is 1. The van der Waals surface area contributed by atoms with Crippen molar-refractivity contribution in [1.82, 2.24) is 4.90 Å². The molecular weight excluding hydrogens is 216 g/mol. The minimum Gasteiger partial charge on any atom is -0.444 e. The highest BCUT2D eigenvalue weighted by atomic mass is 16.6. The van der Waals surface area contributed by atoms with Crippen LogP contribution in [0.25, 0.3) is 0 Å². The van der Waals surface area contributed by atoms with Crippen LogP contribution in [0.1, 0.15) is 40.0 Å². The van der Waals surface area contributed by atoms with E-state index >= 15 is 0 Å². The van der Waals surface area contributed by atoms with Gasteiger partial charge in [0.25, 0.3) is 0 Å². The molecule has 2 aliphatic heterocycles. The lowest BCUT2D eigenvalue weighted by atomic mass is 9.78. The van der Waals surface area contributed by atoms with Crippen molar-refractivity contribution in [3.63, 3.8) is 0 Å². The summed E-state index contributed by atoms with van der Waals surface area (Å²) >= 11 is 0. The van der Waals surface area contributed by atoms with E-state index in [-0.39, 0.29) is 11.7 Å². The Kier molecular flexibility index (Phi) is 3.34. The standard InChI is InChI=1S/C13H24N2O2/c1-12(2,3)17-11(16)15-8-5-13(6-9-15)4-7-14-10-13/h14H,4-10H2,1-3H3/p+1. The number of quaternary nitrogens is 1. The Hall–Kier alpha value is -0.770. The second kappa shape index (κ2) is 4.48. The van der Waals surface area contributed by atoms with Crippen molar-refractivity contribution in [3.8, 4) is 0 Å². The molecule has 4 heteroatoms. The van der Waals surface area contributed by atoms with E-state index in [0.717, 1.165) is 25.9 Å². The smallest absolute Gasteiger partial charge is 0.410 e. The molecule has 1 amide bonds. The molecule has 0 aliphatic carbocycles. The van der Waals surface area contributed by atoms with Gasteiger partial charge in [-0.15, -0.1) is 0 Å². The first-order valence-corrected chi connectivity index (χ1v) is 6.70. The monoisotopic (exact) mass is 241 g/mol. The number of carbonyl (C=O) groups excluding carboxylic acids is 1. The van der Waals surface area contributed by atoms with Crippen LogP contribution in [0.2, 0.25) is 0 Å². The van der Waals surface area contributed by atoms with Crippen molar-refractivity contribution in [3.05, 3.63) is 0 Å². The predicted octanol–water partition coefficient (Wildman–Crippen LogP) is 0.971. The maximum Gasteiger partial charge on any atom is 0.410 e. The number of ether oxygens (including phenoxy) is 1. The van der Waals surface area contributed by atoms with E-state index in [9.17, 15) is 4.79 Å². The molecule has 2 heterocycles. The average molecular weight is 241 g/mol. The van der Waals surface area contributed by atoms with Crippen LogP contribution in [0.15, 0.2) is 0 Å². The number of likely N-dealkylation sites (tertiary alicyclic amines) is 1. The van der Waals surface area contributed by atoms with Crippen molar-refractivity contribution in [2.24, 2.45) is 5.41 Å². The Balaban J connectivity index is 1.84. The molecule has 0 unspecified atom stereocenters. The highest BCUT2D eigenvalue weighted by Crippen LogP contribution is 2.35. The van der Waals surface area contributed by atoms with E-state index in [4.69, 9.17) is 4.74 Å². The second-order valence-corrected chi connectivity index (χ2v) is 6.50. The Morgan fingerprint density at radius 1 is 1.24 bits per heavy atom. The zero-order valence-corrected chi connectivity index (χ0v) is 11.3. The summed E-state index contributed by atoms with van der Waals surface area (Å²) in [6, 6.07) is 0. The van der Waals surface area contributed by atoms with Gasteiger partial charge in [-0.1, -0.05) is 0 Å². The fourth-order valence-electron chi connectivity index (χ4n) is 2.86. The van der Waals surface area contributed by atoms with E-state index in [1.807, 2.05) is 25.7 Å². The predicted molar refractivity (Wildman–Crippen MR) is 65.8 cm³/mol. The van der Waals surface area contributed by atoms with Gasteiger partial charge in [-0.2, -0.15) is 0 Å². The van der Waals surface area contributed by atoms with Gasteiger partial charge in [-0.05, 0) is 33.6 Å². The summed E-state index contributed by atoms with van der Waals surface area (Å²) in [4.78, 5) is 13.8. The molecule has 0 bridgehead atoms. The lowest BCUT2D eigenvalue weighted by Gasteiger charge is -2.37. The van der Waals surface area contributed by atoms with Gasteiger partial charge in [0.1, 0.15) is 5.60 Å². The number of carbonyl (C=O) groups is 1. The third-order valence-corrected chi connectivity index (χ3v) is 3.93. The van der Waals surface area contributed by atoms with Crippen LogP contribution < -0.4 is 5.32 Å². The number of rotatable bonds is 0. The first-order chi connectivity index (χ1) is 7.90. The SMILES string of the molecule is CC(C)(C)OC(=O)N1CCC2(CC[NH2+]C2)CC1. The largest absolute Gasteiger partial charge is 0.444 e. The van der Waals surface area contributed by atoms with Crippen molar-refractivity contribution in [2.45, 2.75) is 45.6 Å². The lowest BCUT2D eigenvalue weighted by molar-refractivity contribution is -0.641. The molecule has 0 radical (unpaired) electrons. The molecule has 0 aromatic heterocycles. The lowest BCUT2D eigenvalue weighted by Crippen LogP contribution is -2.82. The minimum absolute atomic E-state index is 0.144. The zero-order valence-electron chi connectivity index (χ0n) is 11.3. The first kappa shape index (κ1) is 12.7. The normalized spacial score (nSPS) is 24.1. The summed E-state index contributed by atoms with van der Waals surface area (Å²) in [5.41, 5.74) is 0.131. The van der Waals surface area contributed by atoms with Crippen molar-refractivity contribution < 1.29 is 14.8 Å². The number of hydrogen-bond acceptors (Lipinski definition) is 2. The van der Waals surface area contributed by atoms with Crippen LogP contribution in [0, 0.1) is 5.41 Å². The Labute approximate surface area is 104 Å². The summed E-state index contributed by atoms with van der Waals surface area (Å²) in [5, 5.41) is 2.41. The number of amides is 1. The maximum atomic E-state index is 11.9. The fourth-order valence-corrected chi connectivity index (χ4v) is 2.86. The summed E-state index contributed by atoms with van der Waals surface area (Å²) in [6.45, 7) is 9.99. The number of nitrogens with two attached hydrogens (primary N) is 1. The van der Waals surface area contributed by atoms with Gasteiger partial charge in [0.05, 0.1) is 13.1 Å². The summed E-state index contributed by atoms with van der Waals surface area (Å²) < 4.78 is 5.41. The van der Waals surface area contributed by atoms with Crippen LogP contribution in [0.4, 0.5) is 4.79 Å². The third kappa shape index (κ3) is 3.12. The highest BCUT2D eigenvalue weighted by molar-refractivity contribution is 5.68. The molecule has 98 valence electrons. The average Bonchev–Trinajstić information content (AvgIpc) is 2.65. The van der Waals surface area contributed by atoms with Gasteiger partial charge < -0.3 is 15.0 Å². The Morgan fingerprint density at radius 3 is 2.35 bits per heavy atom. The number of nitrogens with zero attached hydrogens (tertiary/aromatic N) is 1.